The summed E-state index contributed by atoms with van der Waals surface area (Å²) in [4.78, 5) is 0. The molecule has 4 nitrogen and oxygen atoms in total. The van der Waals surface area contributed by atoms with Crippen molar-refractivity contribution in [3.05, 3.63) is 0 Å². The van der Waals surface area contributed by atoms with Gasteiger partial charge in [0.2, 0.25) is 0 Å². The predicted octanol–water partition coefficient (Wildman–Crippen LogP) is -0.936. The van der Waals surface area contributed by atoms with E-state index < -0.39 is 0 Å². The topological polar surface area (TPSA) is 65.3 Å². The smallest absolute Gasteiger partial charge is 0.176 e. The van der Waals surface area contributed by atoms with Gasteiger partial charge in [-0.25, -0.2) is 0 Å². The summed E-state index contributed by atoms with van der Waals surface area (Å²) in [5, 5.41) is 18.9. The Morgan fingerprint density at radius 1 is 1.89 bits per heavy atom. The lowest BCUT2D eigenvalue weighted by Crippen LogP contribution is -2.32. The molecule has 4 heteroatoms. The van der Waals surface area contributed by atoms with Gasteiger partial charge in [-0.05, 0) is 0 Å². The third-order valence-electron chi connectivity index (χ3n) is 0.857. The van der Waals surface area contributed by atoms with Gasteiger partial charge in [-0.15, -0.1) is 0 Å². The molecule has 2 N–H and O–H groups in total. The SMILES string of the molecule is COCC(CO)NC#N. The Labute approximate surface area is 54.0 Å². The maximum Gasteiger partial charge on any atom is 0.176 e. The number of aliphatic hydroxyl groups is 1. The molecule has 0 aromatic heterocycles. The molecule has 0 spiro atoms. The molecule has 0 bridgehead atoms. The summed E-state index contributed by atoms with van der Waals surface area (Å²) in [5.74, 6) is 0. The Hall–Kier alpha value is -0.790. The minimum atomic E-state index is -0.264. The summed E-state index contributed by atoms with van der Waals surface area (Å²) in [6.45, 7) is 0.269. The first-order valence-electron chi connectivity index (χ1n) is 2.59. The number of nitriles is 1. The highest BCUT2D eigenvalue weighted by atomic mass is 16.5. The van der Waals surface area contributed by atoms with Crippen molar-refractivity contribution in [2.75, 3.05) is 20.3 Å². The van der Waals surface area contributed by atoms with E-state index in [2.05, 4.69) is 10.1 Å². The lowest BCUT2D eigenvalue weighted by Gasteiger charge is -2.08. The van der Waals surface area contributed by atoms with E-state index in [4.69, 9.17) is 10.4 Å². The Bertz CT molecular complexity index is 99.6. The van der Waals surface area contributed by atoms with Gasteiger partial charge in [0.1, 0.15) is 0 Å². The van der Waals surface area contributed by atoms with E-state index in [9.17, 15) is 0 Å². The van der Waals surface area contributed by atoms with Crippen molar-refractivity contribution in [1.29, 1.82) is 5.26 Å². The van der Waals surface area contributed by atoms with Gasteiger partial charge >= 0.3 is 0 Å². The highest BCUT2D eigenvalue weighted by molar-refractivity contribution is 4.74. The zero-order chi connectivity index (χ0) is 7.11. The molecule has 1 atom stereocenters. The summed E-state index contributed by atoms with van der Waals surface area (Å²) in [6, 6.07) is -0.264. The number of hydrogen-bond acceptors (Lipinski definition) is 4. The van der Waals surface area contributed by atoms with Crippen LogP contribution >= 0.6 is 0 Å². The molecule has 0 radical (unpaired) electrons. The van der Waals surface area contributed by atoms with Gasteiger partial charge in [0.05, 0.1) is 19.3 Å². The van der Waals surface area contributed by atoms with Crippen LogP contribution in [0.1, 0.15) is 0 Å². The molecule has 0 aliphatic heterocycles. The van der Waals surface area contributed by atoms with Gasteiger partial charge in [0, 0.05) is 7.11 Å². The molecule has 0 aliphatic rings. The molecule has 0 amide bonds. The number of rotatable bonds is 4. The van der Waals surface area contributed by atoms with E-state index >= 15 is 0 Å². The minimum Gasteiger partial charge on any atom is -0.394 e. The van der Waals surface area contributed by atoms with Crippen LogP contribution in [-0.4, -0.2) is 31.5 Å². The quantitative estimate of drug-likeness (QED) is 0.381. The number of hydrogen-bond donors (Lipinski definition) is 2. The minimum absolute atomic E-state index is 0.0819. The molecular weight excluding hydrogens is 120 g/mol. The number of nitrogens with zero attached hydrogens (tertiary/aromatic N) is 1. The van der Waals surface area contributed by atoms with Crippen molar-refractivity contribution in [3.8, 4) is 6.19 Å². The molecular formula is C5H10N2O2. The lowest BCUT2D eigenvalue weighted by molar-refractivity contribution is 0.136. The van der Waals surface area contributed by atoms with Crippen LogP contribution in [0.4, 0.5) is 0 Å². The van der Waals surface area contributed by atoms with E-state index in [1.165, 1.54) is 7.11 Å². The second kappa shape index (κ2) is 5.35. The average molecular weight is 130 g/mol. The summed E-state index contributed by atoms with van der Waals surface area (Å²) < 4.78 is 4.67. The van der Waals surface area contributed by atoms with Crippen molar-refractivity contribution in [3.63, 3.8) is 0 Å². The molecule has 0 fully saturated rings. The Morgan fingerprint density at radius 3 is 2.89 bits per heavy atom. The molecule has 0 rings (SSSR count). The molecule has 0 aromatic carbocycles. The van der Waals surface area contributed by atoms with Gasteiger partial charge in [0.25, 0.3) is 0 Å². The van der Waals surface area contributed by atoms with Crippen LogP contribution in [-0.2, 0) is 4.74 Å². The number of ether oxygens (including phenoxy) is 1. The first-order valence-corrected chi connectivity index (χ1v) is 2.59. The van der Waals surface area contributed by atoms with Crippen LogP contribution in [0, 0.1) is 11.5 Å². The fraction of sp³-hybridized carbons (Fsp3) is 0.800. The van der Waals surface area contributed by atoms with Crippen LogP contribution in [0.25, 0.3) is 0 Å². The second-order valence-corrected chi connectivity index (χ2v) is 1.59. The molecule has 52 valence electrons. The molecule has 0 aromatic rings. The van der Waals surface area contributed by atoms with Crippen molar-refractivity contribution in [2.45, 2.75) is 6.04 Å². The van der Waals surface area contributed by atoms with E-state index in [1.54, 1.807) is 6.19 Å². The lowest BCUT2D eigenvalue weighted by atomic mass is 10.3. The Balaban J connectivity index is 3.32. The number of nitrogens with one attached hydrogen (secondary N) is 1. The molecule has 0 aliphatic carbocycles. The summed E-state index contributed by atoms with van der Waals surface area (Å²) in [5.41, 5.74) is 0. The summed E-state index contributed by atoms with van der Waals surface area (Å²) in [7, 11) is 1.52. The maximum atomic E-state index is 8.49. The van der Waals surface area contributed by atoms with Crippen LogP contribution < -0.4 is 5.32 Å². The first kappa shape index (κ1) is 8.21. The van der Waals surface area contributed by atoms with E-state index in [-0.39, 0.29) is 12.6 Å². The molecule has 0 saturated carbocycles. The monoisotopic (exact) mass is 130 g/mol. The fourth-order valence-electron chi connectivity index (χ4n) is 0.432. The van der Waals surface area contributed by atoms with E-state index in [0.29, 0.717) is 6.61 Å². The standard InChI is InChI=1S/C5H10N2O2/c1-9-3-5(2-8)7-4-6/h5,7-8H,2-3H2,1H3. The van der Waals surface area contributed by atoms with E-state index in [1.807, 2.05) is 0 Å². The normalized spacial score (nSPS) is 12.1. The number of methoxy groups -OCH3 is 1. The molecule has 0 saturated heterocycles. The molecule has 9 heavy (non-hydrogen) atoms. The first-order chi connectivity index (χ1) is 4.35. The summed E-state index contributed by atoms with van der Waals surface area (Å²) in [6.07, 6.45) is 1.71. The zero-order valence-electron chi connectivity index (χ0n) is 5.29. The highest BCUT2D eigenvalue weighted by Gasteiger charge is 2.02. The largest absolute Gasteiger partial charge is 0.394 e. The molecule has 0 heterocycles. The third kappa shape index (κ3) is 3.76. The zero-order valence-corrected chi connectivity index (χ0v) is 5.29. The molecule has 1 unspecified atom stereocenters. The van der Waals surface area contributed by atoms with Crippen LogP contribution in [0.3, 0.4) is 0 Å². The van der Waals surface area contributed by atoms with Crippen LogP contribution in [0.15, 0.2) is 0 Å². The van der Waals surface area contributed by atoms with Gasteiger partial charge in [-0.1, -0.05) is 0 Å². The van der Waals surface area contributed by atoms with Gasteiger partial charge in [-0.2, -0.15) is 5.26 Å². The van der Waals surface area contributed by atoms with Crippen molar-refractivity contribution >= 4 is 0 Å². The van der Waals surface area contributed by atoms with Gasteiger partial charge in [-0.3, -0.25) is 0 Å². The van der Waals surface area contributed by atoms with Gasteiger partial charge < -0.3 is 15.2 Å². The number of aliphatic hydroxyl groups excluding tert-OH is 1. The Morgan fingerprint density at radius 2 is 2.56 bits per heavy atom. The van der Waals surface area contributed by atoms with Crippen LogP contribution in [0.2, 0.25) is 0 Å². The van der Waals surface area contributed by atoms with Gasteiger partial charge in [0.15, 0.2) is 6.19 Å². The average Bonchev–Trinajstić information content (AvgIpc) is 1.88. The highest BCUT2D eigenvalue weighted by Crippen LogP contribution is 1.79. The van der Waals surface area contributed by atoms with Crippen molar-refractivity contribution in [1.82, 2.24) is 5.32 Å². The maximum absolute atomic E-state index is 8.49. The Kier molecular flexibility index (Phi) is 4.88. The van der Waals surface area contributed by atoms with Crippen molar-refractivity contribution in [2.24, 2.45) is 0 Å². The predicted molar refractivity (Wildman–Crippen MR) is 31.5 cm³/mol. The van der Waals surface area contributed by atoms with Crippen LogP contribution in [0.5, 0.6) is 0 Å². The van der Waals surface area contributed by atoms with Crippen molar-refractivity contribution < 1.29 is 9.84 Å². The fourth-order valence-corrected chi connectivity index (χ4v) is 0.432. The third-order valence-corrected chi connectivity index (χ3v) is 0.857. The second-order valence-electron chi connectivity index (χ2n) is 1.59. The summed E-state index contributed by atoms with van der Waals surface area (Å²) >= 11 is 0. The van der Waals surface area contributed by atoms with E-state index in [0.717, 1.165) is 0 Å².